The van der Waals surface area contributed by atoms with Crippen molar-refractivity contribution in [2.75, 3.05) is 43.5 Å². The molecule has 1 fully saturated rings. The summed E-state index contributed by atoms with van der Waals surface area (Å²) in [4.78, 5) is 21.0. The number of nitrogens with one attached hydrogen (secondary N) is 1. The highest BCUT2D eigenvalue weighted by atomic mass is 16.5. The Bertz CT molecular complexity index is 1010. The number of anilines is 3. The first-order valence-electron chi connectivity index (χ1n) is 9.69. The average Bonchev–Trinajstić information content (AvgIpc) is 3.16. The quantitative estimate of drug-likeness (QED) is 0.680. The summed E-state index contributed by atoms with van der Waals surface area (Å²) < 4.78 is 6.79. The van der Waals surface area contributed by atoms with Gasteiger partial charge in [-0.25, -0.2) is 4.98 Å². The van der Waals surface area contributed by atoms with Gasteiger partial charge in [0.05, 0.1) is 7.11 Å². The van der Waals surface area contributed by atoms with E-state index in [0.29, 0.717) is 43.4 Å². The van der Waals surface area contributed by atoms with Gasteiger partial charge in [-0.15, -0.1) is 15.3 Å². The summed E-state index contributed by atoms with van der Waals surface area (Å²) >= 11 is 0. The number of pyridine rings is 1. The molecule has 156 valence electrons. The van der Waals surface area contributed by atoms with E-state index < -0.39 is 0 Å². The maximum absolute atomic E-state index is 12.8. The molecule has 0 aromatic carbocycles. The van der Waals surface area contributed by atoms with Gasteiger partial charge in [-0.1, -0.05) is 6.07 Å². The van der Waals surface area contributed by atoms with Crippen LogP contribution in [0.3, 0.4) is 0 Å². The summed E-state index contributed by atoms with van der Waals surface area (Å²) in [6.07, 6.45) is 3.49. The molecule has 1 aliphatic heterocycles. The van der Waals surface area contributed by atoms with Gasteiger partial charge in [0, 0.05) is 45.6 Å². The number of methoxy groups -OCH3 is 1. The molecular formula is C20H24N8O2. The monoisotopic (exact) mass is 408 g/mol. The van der Waals surface area contributed by atoms with E-state index in [1.807, 2.05) is 36.1 Å². The fourth-order valence-corrected chi connectivity index (χ4v) is 3.31. The fourth-order valence-electron chi connectivity index (χ4n) is 3.31. The van der Waals surface area contributed by atoms with Gasteiger partial charge in [0.25, 0.3) is 5.91 Å². The maximum atomic E-state index is 12.8. The summed E-state index contributed by atoms with van der Waals surface area (Å²) in [5, 5.41) is 15.9. The van der Waals surface area contributed by atoms with Gasteiger partial charge in [-0.2, -0.15) is 0 Å². The molecule has 4 heterocycles. The highest BCUT2D eigenvalue weighted by molar-refractivity contribution is 5.96. The van der Waals surface area contributed by atoms with Gasteiger partial charge in [0.2, 0.25) is 5.88 Å². The van der Waals surface area contributed by atoms with E-state index in [0.717, 1.165) is 17.2 Å². The average molecular weight is 408 g/mol. The van der Waals surface area contributed by atoms with Crippen LogP contribution in [0, 0.1) is 6.92 Å². The van der Waals surface area contributed by atoms with Crippen molar-refractivity contribution < 1.29 is 9.53 Å². The van der Waals surface area contributed by atoms with Crippen molar-refractivity contribution >= 4 is 23.4 Å². The number of hydrogen-bond donors (Lipinski definition) is 1. The van der Waals surface area contributed by atoms with E-state index in [1.54, 1.807) is 24.1 Å². The Hall–Kier alpha value is -3.69. The van der Waals surface area contributed by atoms with Gasteiger partial charge < -0.3 is 19.9 Å². The Kier molecular flexibility index (Phi) is 5.46. The lowest BCUT2D eigenvalue weighted by Crippen LogP contribution is -2.49. The highest BCUT2D eigenvalue weighted by Gasteiger charge is 2.26. The van der Waals surface area contributed by atoms with E-state index in [-0.39, 0.29) is 5.91 Å². The third kappa shape index (κ3) is 4.17. The Morgan fingerprint density at radius 3 is 2.47 bits per heavy atom. The van der Waals surface area contributed by atoms with Crippen molar-refractivity contribution in [2.24, 2.45) is 7.05 Å². The van der Waals surface area contributed by atoms with Crippen LogP contribution in [0.25, 0.3) is 0 Å². The van der Waals surface area contributed by atoms with Crippen molar-refractivity contribution in [3.63, 3.8) is 0 Å². The molecule has 0 unspecified atom stereocenters. The molecule has 1 saturated heterocycles. The Morgan fingerprint density at radius 1 is 1.07 bits per heavy atom. The molecule has 1 N–H and O–H groups in total. The van der Waals surface area contributed by atoms with Gasteiger partial charge in [0.15, 0.2) is 11.6 Å². The minimum Gasteiger partial charge on any atom is -0.479 e. The number of hydrogen-bond acceptors (Lipinski definition) is 8. The standard InChI is InChI=1S/C20H24N8O2/c1-14-4-5-16(21-12-14)22-17-6-7-18(24-23-17)27-8-10-28(11-9-27)20(29)15-13-26(2)25-19(15)30-3/h4-7,12-13H,8-11H2,1-3H3,(H,21,22,23). The predicted octanol–water partition coefficient (Wildman–Crippen LogP) is 1.63. The maximum Gasteiger partial charge on any atom is 0.261 e. The Labute approximate surface area is 174 Å². The molecule has 0 spiro atoms. The lowest BCUT2D eigenvalue weighted by molar-refractivity contribution is 0.0743. The molecule has 30 heavy (non-hydrogen) atoms. The van der Waals surface area contributed by atoms with Crippen molar-refractivity contribution in [1.29, 1.82) is 0 Å². The molecule has 1 amide bonds. The van der Waals surface area contributed by atoms with Crippen molar-refractivity contribution in [3.8, 4) is 5.88 Å². The van der Waals surface area contributed by atoms with E-state index in [4.69, 9.17) is 4.74 Å². The van der Waals surface area contributed by atoms with Crippen LogP contribution in [0.5, 0.6) is 5.88 Å². The molecule has 3 aromatic rings. The summed E-state index contributed by atoms with van der Waals surface area (Å²) in [5.74, 6) is 2.41. The normalized spacial score (nSPS) is 14.0. The minimum atomic E-state index is -0.0733. The van der Waals surface area contributed by atoms with Crippen LogP contribution in [0.1, 0.15) is 15.9 Å². The molecule has 0 atom stereocenters. The largest absolute Gasteiger partial charge is 0.479 e. The predicted molar refractivity (Wildman–Crippen MR) is 112 cm³/mol. The molecule has 3 aromatic heterocycles. The van der Waals surface area contributed by atoms with Crippen LogP contribution in [-0.2, 0) is 7.05 Å². The number of piperazine rings is 1. The lowest BCUT2D eigenvalue weighted by Gasteiger charge is -2.35. The topological polar surface area (TPSA) is 101 Å². The third-order valence-electron chi connectivity index (χ3n) is 4.93. The van der Waals surface area contributed by atoms with Crippen LogP contribution in [0.4, 0.5) is 17.5 Å². The van der Waals surface area contributed by atoms with Crippen molar-refractivity contribution in [1.82, 2.24) is 29.9 Å². The second kappa shape index (κ2) is 8.36. The van der Waals surface area contributed by atoms with Gasteiger partial charge in [-0.05, 0) is 30.7 Å². The van der Waals surface area contributed by atoms with E-state index in [9.17, 15) is 4.79 Å². The molecule has 4 rings (SSSR count). The summed E-state index contributed by atoms with van der Waals surface area (Å²) in [6, 6.07) is 7.68. The van der Waals surface area contributed by atoms with Crippen LogP contribution in [-0.4, -0.2) is 69.1 Å². The van der Waals surface area contributed by atoms with Crippen LogP contribution >= 0.6 is 0 Å². The number of aromatic nitrogens is 5. The number of nitrogens with zero attached hydrogens (tertiary/aromatic N) is 7. The van der Waals surface area contributed by atoms with E-state index in [2.05, 4.69) is 30.5 Å². The first-order chi connectivity index (χ1) is 14.5. The van der Waals surface area contributed by atoms with Crippen LogP contribution < -0.4 is 15.0 Å². The van der Waals surface area contributed by atoms with Gasteiger partial charge >= 0.3 is 0 Å². The number of ether oxygens (including phenoxy) is 1. The first kappa shape index (κ1) is 19.6. The molecule has 0 bridgehead atoms. The SMILES string of the molecule is COc1nn(C)cc1C(=O)N1CCN(c2ccc(Nc3ccc(C)cn3)nn2)CC1. The Balaban J connectivity index is 1.35. The van der Waals surface area contributed by atoms with Crippen LogP contribution in [0.15, 0.2) is 36.7 Å². The number of aryl methyl sites for hydroxylation is 2. The zero-order valence-corrected chi connectivity index (χ0v) is 17.2. The van der Waals surface area contributed by atoms with Gasteiger partial charge in [0.1, 0.15) is 11.4 Å². The number of rotatable bonds is 5. The minimum absolute atomic E-state index is 0.0733. The Morgan fingerprint density at radius 2 is 1.83 bits per heavy atom. The van der Waals surface area contributed by atoms with Crippen molar-refractivity contribution in [2.45, 2.75) is 6.92 Å². The smallest absolute Gasteiger partial charge is 0.261 e. The molecule has 0 saturated carbocycles. The molecule has 1 aliphatic rings. The number of carbonyl (C=O) groups is 1. The molecule has 0 aliphatic carbocycles. The number of amides is 1. The van der Waals surface area contributed by atoms with Crippen molar-refractivity contribution in [3.05, 3.63) is 47.8 Å². The zero-order chi connectivity index (χ0) is 21.1. The molecule has 10 nitrogen and oxygen atoms in total. The third-order valence-corrected chi connectivity index (χ3v) is 4.93. The van der Waals surface area contributed by atoms with E-state index in [1.165, 1.54) is 7.11 Å². The second-order valence-electron chi connectivity index (χ2n) is 7.13. The zero-order valence-electron chi connectivity index (χ0n) is 17.2. The first-order valence-corrected chi connectivity index (χ1v) is 9.69. The summed E-state index contributed by atoms with van der Waals surface area (Å²) in [6.45, 7) is 4.52. The fraction of sp³-hybridized carbons (Fsp3) is 0.350. The van der Waals surface area contributed by atoms with Crippen LogP contribution in [0.2, 0.25) is 0 Å². The molecule has 10 heteroatoms. The molecule has 0 radical (unpaired) electrons. The number of carbonyl (C=O) groups excluding carboxylic acids is 1. The second-order valence-corrected chi connectivity index (χ2v) is 7.13. The van der Waals surface area contributed by atoms with Gasteiger partial charge in [-0.3, -0.25) is 9.48 Å². The van der Waals surface area contributed by atoms with E-state index >= 15 is 0 Å². The highest BCUT2D eigenvalue weighted by Crippen LogP contribution is 2.20. The summed E-state index contributed by atoms with van der Waals surface area (Å²) in [7, 11) is 3.28. The summed E-state index contributed by atoms with van der Waals surface area (Å²) in [5.41, 5.74) is 1.58. The lowest BCUT2D eigenvalue weighted by atomic mass is 10.2. The molecular weight excluding hydrogens is 384 g/mol.